The van der Waals surface area contributed by atoms with E-state index in [4.69, 9.17) is 0 Å². The molecule has 0 bridgehead atoms. The van der Waals surface area contributed by atoms with Gasteiger partial charge in [-0.25, -0.2) is 9.59 Å². The molecule has 0 spiro atoms. The molecule has 1 fully saturated rings. The first-order valence-electron chi connectivity index (χ1n) is 2.77. The Bertz CT molecular complexity index is 187. The van der Waals surface area contributed by atoms with Crippen LogP contribution in [0.1, 0.15) is 0 Å². The molecule has 0 aromatic carbocycles. The molecule has 1 heterocycles. The van der Waals surface area contributed by atoms with Gasteiger partial charge in [0.05, 0.1) is 6.54 Å². The minimum atomic E-state index is -0.610. The van der Waals surface area contributed by atoms with Crippen molar-refractivity contribution in [2.75, 3.05) is 13.2 Å². The van der Waals surface area contributed by atoms with E-state index in [0.29, 0.717) is 6.54 Å². The van der Waals surface area contributed by atoms with E-state index in [2.05, 4.69) is 17.4 Å². The first-order chi connectivity index (χ1) is 4.75. The summed E-state index contributed by atoms with van der Waals surface area (Å²) >= 11 is 0. The minimum Gasteiger partial charge on any atom is -0.447 e. The number of nitrogens with zero attached hydrogens (tertiary/aromatic N) is 1. The highest BCUT2D eigenvalue weighted by molar-refractivity contribution is 5.96. The average molecular weight is 140 g/mol. The molecule has 1 aliphatic heterocycles. The molecular formula is C6H6NO3+. The lowest BCUT2D eigenvalue weighted by Gasteiger charge is -1.97. The molecule has 2 amide bonds. The number of carbonyl (C=O) groups excluding carboxylic acids is 2. The largest absolute Gasteiger partial charge is 0.501 e. The van der Waals surface area contributed by atoms with Crippen molar-refractivity contribution < 1.29 is 14.3 Å². The predicted molar refractivity (Wildman–Crippen MR) is 31.9 cm³/mol. The van der Waals surface area contributed by atoms with E-state index in [-0.39, 0.29) is 6.61 Å². The summed E-state index contributed by atoms with van der Waals surface area (Å²) in [6.07, 6.45) is 1.46. The monoisotopic (exact) mass is 140 g/mol. The van der Waals surface area contributed by atoms with Crippen molar-refractivity contribution in [2.45, 2.75) is 0 Å². The summed E-state index contributed by atoms with van der Waals surface area (Å²) < 4.78 is 4.49. The Hall–Kier alpha value is -1.41. The summed E-state index contributed by atoms with van der Waals surface area (Å²) in [6, 6.07) is 0. The maximum atomic E-state index is 10.7. The van der Waals surface area contributed by atoms with Crippen LogP contribution in [0.5, 0.6) is 0 Å². The summed E-state index contributed by atoms with van der Waals surface area (Å²) in [7, 11) is 0. The van der Waals surface area contributed by atoms with Gasteiger partial charge in [-0.15, -0.1) is 0 Å². The summed E-state index contributed by atoms with van der Waals surface area (Å²) in [4.78, 5) is 22.2. The van der Waals surface area contributed by atoms with Crippen LogP contribution in [0.25, 0.3) is 0 Å². The second kappa shape index (κ2) is 2.45. The Morgan fingerprint density at radius 3 is 2.90 bits per heavy atom. The molecule has 1 aliphatic rings. The predicted octanol–water partition coefficient (Wildman–Crippen LogP) is -0.0456. The highest BCUT2D eigenvalue weighted by atomic mass is 16.6. The number of hydrogen-bond acceptors (Lipinski definition) is 3. The molecule has 4 nitrogen and oxygen atoms in total. The van der Waals surface area contributed by atoms with Crippen LogP contribution >= 0.6 is 0 Å². The molecule has 0 aliphatic carbocycles. The Balaban J connectivity index is 2.63. The molecule has 0 aromatic rings. The molecule has 0 saturated carbocycles. The third kappa shape index (κ3) is 0.967. The first-order valence-corrected chi connectivity index (χ1v) is 2.77. The molecule has 1 rings (SSSR count). The zero-order chi connectivity index (χ0) is 7.56. The zero-order valence-electron chi connectivity index (χ0n) is 5.29. The number of carbonyl (C=O) groups is 2. The molecule has 0 radical (unpaired) electrons. The fourth-order valence-corrected chi connectivity index (χ4v) is 0.673. The number of cyclic esters (lactones) is 1. The molecule has 0 N–H and O–H groups in total. The van der Waals surface area contributed by atoms with Gasteiger partial charge in [0.2, 0.25) is 0 Å². The van der Waals surface area contributed by atoms with Crippen molar-refractivity contribution in [1.29, 1.82) is 0 Å². The third-order valence-corrected chi connectivity index (χ3v) is 1.16. The summed E-state index contributed by atoms with van der Waals surface area (Å²) in [6.45, 7) is 3.69. The summed E-state index contributed by atoms with van der Waals surface area (Å²) in [5, 5.41) is 0. The quantitative estimate of drug-likeness (QED) is 0.379. The smallest absolute Gasteiger partial charge is 0.447 e. The van der Waals surface area contributed by atoms with E-state index >= 15 is 0 Å². The Kier molecular flexibility index (Phi) is 1.65. The number of ether oxygens (including phenoxy) is 1. The van der Waals surface area contributed by atoms with Gasteiger partial charge in [-0.1, -0.05) is 0 Å². The summed E-state index contributed by atoms with van der Waals surface area (Å²) in [5.41, 5.74) is 0. The highest BCUT2D eigenvalue weighted by Crippen LogP contribution is 2.02. The molecule has 52 valence electrons. The third-order valence-electron chi connectivity index (χ3n) is 1.16. The van der Waals surface area contributed by atoms with Gasteiger partial charge in [0, 0.05) is 0 Å². The van der Waals surface area contributed by atoms with Crippen LogP contribution in [0.4, 0.5) is 4.79 Å². The summed E-state index contributed by atoms with van der Waals surface area (Å²) in [5.74, 6) is -0.525. The van der Waals surface area contributed by atoms with Crippen LogP contribution in [0, 0.1) is 6.08 Å². The Labute approximate surface area is 58.1 Å². The van der Waals surface area contributed by atoms with Crippen molar-refractivity contribution in [3.8, 4) is 0 Å². The maximum Gasteiger partial charge on any atom is 0.501 e. The van der Waals surface area contributed by atoms with Crippen molar-refractivity contribution >= 4 is 12.0 Å². The fraction of sp³-hybridized carbons (Fsp3) is 0.333. The van der Waals surface area contributed by atoms with Crippen LogP contribution in [0.15, 0.2) is 6.58 Å². The standard InChI is InChI=1S/C6H6NO3/c1-2-5(8)7-3-4-10-6(7)9/h1,3-4H2/q+1. The Morgan fingerprint density at radius 2 is 2.50 bits per heavy atom. The lowest BCUT2D eigenvalue weighted by molar-refractivity contribution is -0.123. The van der Waals surface area contributed by atoms with Crippen molar-refractivity contribution in [1.82, 2.24) is 4.90 Å². The second-order valence-electron chi connectivity index (χ2n) is 1.75. The molecular weight excluding hydrogens is 134 g/mol. The van der Waals surface area contributed by atoms with Gasteiger partial charge in [-0.2, -0.15) is 4.90 Å². The van der Waals surface area contributed by atoms with Gasteiger partial charge in [0.15, 0.2) is 6.58 Å². The minimum absolute atomic E-state index is 0.270. The van der Waals surface area contributed by atoms with E-state index < -0.39 is 12.0 Å². The molecule has 1 saturated heterocycles. The van der Waals surface area contributed by atoms with Crippen molar-refractivity contribution in [2.24, 2.45) is 0 Å². The van der Waals surface area contributed by atoms with E-state index in [1.54, 1.807) is 0 Å². The zero-order valence-corrected chi connectivity index (χ0v) is 5.29. The van der Waals surface area contributed by atoms with E-state index in [1.807, 2.05) is 0 Å². The number of rotatable bonds is 1. The van der Waals surface area contributed by atoms with Gasteiger partial charge in [-0.05, 0) is 0 Å². The van der Waals surface area contributed by atoms with Crippen LogP contribution in [0.2, 0.25) is 0 Å². The average Bonchev–Trinajstić information content (AvgIpc) is 2.34. The SMILES string of the molecule is C=[C+]C(=O)N1CCOC1=O. The normalized spacial score (nSPS) is 16.4. The van der Waals surface area contributed by atoms with E-state index in [0.717, 1.165) is 4.90 Å². The molecule has 10 heavy (non-hydrogen) atoms. The lowest BCUT2D eigenvalue weighted by Crippen LogP contribution is -2.29. The number of hydrogen-bond donors (Lipinski definition) is 0. The van der Waals surface area contributed by atoms with Gasteiger partial charge in [0.1, 0.15) is 6.61 Å². The number of amides is 2. The van der Waals surface area contributed by atoms with Gasteiger partial charge >= 0.3 is 18.1 Å². The fourth-order valence-electron chi connectivity index (χ4n) is 0.673. The van der Waals surface area contributed by atoms with Crippen LogP contribution in [-0.2, 0) is 9.53 Å². The van der Waals surface area contributed by atoms with Gasteiger partial charge in [0.25, 0.3) is 0 Å². The first kappa shape index (κ1) is 6.71. The second-order valence-corrected chi connectivity index (χ2v) is 1.75. The highest BCUT2D eigenvalue weighted by Gasteiger charge is 2.33. The van der Waals surface area contributed by atoms with Crippen molar-refractivity contribution in [3.05, 3.63) is 12.7 Å². The molecule has 4 heteroatoms. The van der Waals surface area contributed by atoms with Crippen LogP contribution < -0.4 is 0 Å². The Morgan fingerprint density at radius 1 is 1.80 bits per heavy atom. The van der Waals surface area contributed by atoms with E-state index in [9.17, 15) is 9.59 Å². The topological polar surface area (TPSA) is 46.6 Å². The van der Waals surface area contributed by atoms with E-state index in [1.165, 1.54) is 0 Å². The van der Waals surface area contributed by atoms with Crippen LogP contribution in [0.3, 0.4) is 0 Å². The molecule has 0 unspecified atom stereocenters. The van der Waals surface area contributed by atoms with Crippen LogP contribution in [-0.4, -0.2) is 30.1 Å². The lowest BCUT2D eigenvalue weighted by atomic mass is 10.5. The van der Waals surface area contributed by atoms with Gasteiger partial charge < -0.3 is 4.74 Å². The number of imide groups is 1. The van der Waals surface area contributed by atoms with Gasteiger partial charge in [-0.3, -0.25) is 0 Å². The maximum absolute atomic E-state index is 10.7. The molecule has 0 atom stereocenters. The van der Waals surface area contributed by atoms with Crippen molar-refractivity contribution in [3.63, 3.8) is 0 Å². The molecule has 0 aromatic heterocycles.